The number of nitrogens with zero attached hydrogens (tertiary/aromatic N) is 1. The van der Waals surface area contributed by atoms with Gasteiger partial charge in [-0.05, 0) is 23.3 Å². The summed E-state index contributed by atoms with van der Waals surface area (Å²) in [5.74, 6) is 0.960. The van der Waals surface area contributed by atoms with Crippen molar-refractivity contribution in [3.8, 4) is 5.75 Å². The van der Waals surface area contributed by atoms with Crippen molar-refractivity contribution in [2.75, 3.05) is 6.61 Å². The van der Waals surface area contributed by atoms with Gasteiger partial charge in [0.05, 0.1) is 6.61 Å². The van der Waals surface area contributed by atoms with Crippen LogP contribution in [0.4, 0.5) is 0 Å². The number of carbonyl (C=O) groups excluding carboxylic acids is 1. The number of carbonyl (C=O) groups is 1. The van der Waals surface area contributed by atoms with Crippen molar-refractivity contribution in [2.24, 2.45) is 0 Å². The first-order valence-electron chi connectivity index (χ1n) is 5.31. The van der Waals surface area contributed by atoms with Gasteiger partial charge >= 0.3 is 0 Å². The Morgan fingerprint density at radius 3 is 3.18 bits per heavy atom. The number of fused-ring (bicyclic) bond motifs is 1. The smallest absolute Gasteiger partial charge is 0.167 e. The number of allylic oxidation sites excluding steroid dienone is 1. The van der Waals surface area contributed by atoms with Crippen LogP contribution in [0.15, 0.2) is 29.3 Å². The minimum Gasteiger partial charge on any atom is -0.493 e. The minimum atomic E-state index is -0.0252. The van der Waals surface area contributed by atoms with Crippen molar-refractivity contribution in [3.63, 3.8) is 0 Å². The van der Waals surface area contributed by atoms with Crippen molar-refractivity contribution in [3.05, 3.63) is 40.4 Å². The van der Waals surface area contributed by atoms with Gasteiger partial charge in [-0.3, -0.25) is 9.21 Å². The number of thioether (sulfide) groups is 1. The van der Waals surface area contributed by atoms with E-state index in [9.17, 15) is 4.79 Å². The lowest BCUT2D eigenvalue weighted by molar-refractivity contribution is -0.105. The molecule has 1 unspecified atom stereocenters. The second-order valence-electron chi connectivity index (χ2n) is 3.93. The molecule has 0 spiro atoms. The summed E-state index contributed by atoms with van der Waals surface area (Å²) in [6.45, 7) is 0.749. The van der Waals surface area contributed by atoms with Gasteiger partial charge in [-0.25, -0.2) is 0 Å². The Labute approximate surface area is 108 Å². The van der Waals surface area contributed by atoms with E-state index >= 15 is 0 Å². The fourth-order valence-electron chi connectivity index (χ4n) is 2.02. The standard InChI is InChI=1S/C12H10ClNO2S/c13-14-10(6-15)7-17-12(14)9-1-2-11-8(5-9)3-4-16-11/h1-2,5-7,12H,3-4H2. The normalized spacial score (nSPS) is 22.1. The second-order valence-corrected chi connectivity index (χ2v) is 5.24. The monoisotopic (exact) mass is 267 g/mol. The molecule has 88 valence electrons. The molecule has 3 rings (SSSR count). The average Bonchev–Trinajstić information content (AvgIpc) is 2.94. The lowest BCUT2D eigenvalue weighted by atomic mass is 10.1. The highest BCUT2D eigenvalue weighted by atomic mass is 35.5. The molecule has 0 saturated heterocycles. The number of ether oxygens (including phenoxy) is 1. The second kappa shape index (κ2) is 4.27. The van der Waals surface area contributed by atoms with E-state index in [1.54, 1.807) is 17.2 Å². The summed E-state index contributed by atoms with van der Waals surface area (Å²) in [4.78, 5) is 10.8. The summed E-state index contributed by atoms with van der Waals surface area (Å²) in [5.41, 5.74) is 2.83. The molecule has 0 aliphatic carbocycles. The van der Waals surface area contributed by atoms with Crippen LogP contribution in [0.25, 0.3) is 0 Å². The third-order valence-corrected chi connectivity index (χ3v) is 4.51. The zero-order valence-corrected chi connectivity index (χ0v) is 10.5. The maximum Gasteiger partial charge on any atom is 0.167 e. The van der Waals surface area contributed by atoms with Gasteiger partial charge in [0, 0.05) is 23.6 Å². The van der Waals surface area contributed by atoms with Crippen molar-refractivity contribution in [1.82, 2.24) is 4.42 Å². The van der Waals surface area contributed by atoms with Gasteiger partial charge < -0.3 is 4.74 Å². The van der Waals surface area contributed by atoms with Gasteiger partial charge in [-0.15, -0.1) is 11.8 Å². The summed E-state index contributed by atoms with van der Waals surface area (Å²) in [7, 11) is 0. The van der Waals surface area contributed by atoms with E-state index in [1.807, 2.05) is 12.1 Å². The number of aldehydes is 1. The Morgan fingerprint density at radius 1 is 1.53 bits per heavy atom. The molecule has 0 aromatic heterocycles. The van der Waals surface area contributed by atoms with Gasteiger partial charge in [0.15, 0.2) is 6.29 Å². The molecule has 5 heteroatoms. The molecule has 0 bridgehead atoms. The average molecular weight is 268 g/mol. The van der Waals surface area contributed by atoms with E-state index in [-0.39, 0.29) is 5.37 Å². The number of halogens is 1. The lowest BCUT2D eigenvalue weighted by Gasteiger charge is -2.19. The minimum absolute atomic E-state index is 0.0252. The lowest BCUT2D eigenvalue weighted by Crippen LogP contribution is -2.12. The molecule has 2 aliphatic heterocycles. The molecule has 2 aliphatic rings. The van der Waals surface area contributed by atoms with E-state index in [0.717, 1.165) is 30.6 Å². The molecule has 0 radical (unpaired) electrons. The fraction of sp³-hybridized carbons (Fsp3) is 0.250. The highest BCUT2D eigenvalue weighted by Crippen LogP contribution is 2.44. The number of rotatable bonds is 2. The quantitative estimate of drug-likeness (QED) is 0.609. The Bertz CT molecular complexity index is 503. The highest BCUT2D eigenvalue weighted by molar-refractivity contribution is 8.02. The molecular weight excluding hydrogens is 258 g/mol. The summed E-state index contributed by atoms with van der Waals surface area (Å²) in [5, 5.41) is 1.76. The summed E-state index contributed by atoms with van der Waals surface area (Å²) in [6.07, 6.45) is 1.72. The van der Waals surface area contributed by atoms with Gasteiger partial charge in [0.1, 0.15) is 16.8 Å². The van der Waals surface area contributed by atoms with Crippen molar-refractivity contribution < 1.29 is 9.53 Å². The van der Waals surface area contributed by atoms with Crippen LogP contribution in [0.5, 0.6) is 5.75 Å². The number of hydrogen-bond acceptors (Lipinski definition) is 4. The Hall–Kier alpha value is -1.13. The van der Waals surface area contributed by atoms with Crippen LogP contribution >= 0.6 is 23.5 Å². The Kier molecular flexibility index (Phi) is 2.76. The van der Waals surface area contributed by atoms with Crippen LogP contribution in [0, 0.1) is 0 Å². The van der Waals surface area contributed by atoms with Crippen LogP contribution in [-0.4, -0.2) is 17.3 Å². The molecule has 1 atom stereocenters. The van der Waals surface area contributed by atoms with Gasteiger partial charge in [0.2, 0.25) is 0 Å². The predicted octanol–water partition coefficient (Wildman–Crippen LogP) is 2.86. The molecule has 1 aromatic carbocycles. The van der Waals surface area contributed by atoms with E-state index in [2.05, 4.69) is 6.07 Å². The van der Waals surface area contributed by atoms with Gasteiger partial charge in [-0.1, -0.05) is 6.07 Å². The molecule has 3 nitrogen and oxygen atoms in total. The first-order chi connectivity index (χ1) is 8.29. The molecule has 0 N–H and O–H groups in total. The van der Waals surface area contributed by atoms with Crippen LogP contribution in [0.3, 0.4) is 0 Å². The summed E-state index contributed by atoms with van der Waals surface area (Å²) < 4.78 is 6.94. The van der Waals surface area contributed by atoms with Crippen LogP contribution in [0.1, 0.15) is 16.5 Å². The van der Waals surface area contributed by atoms with Crippen LogP contribution in [0.2, 0.25) is 0 Å². The number of hydrogen-bond donors (Lipinski definition) is 0. The first-order valence-corrected chi connectivity index (χ1v) is 6.59. The SMILES string of the molecule is O=CC1=CSC(c2ccc3c(c2)CCO3)N1Cl. The zero-order chi connectivity index (χ0) is 11.8. The van der Waals surface area contributed by atoms with E-state index in [4.69, 9.17) is 16.5 Å². The topological polar surface area (TPSA) is 29.5 Å². The molecule has 1 aromatic rings. The number of benzene rings is 1. The van der Waals surface area contributed by atoms with Crippen LogP contribution < -0.4 is 4.74 Å². The maximum atomic E-state index is 10.8. The van der Waals surface area contributed by atoms with Gasteiger partial charge in [-0.2, -0.15) is 0 Å². The van der Waals surface area contributed by atoms with Crippen molar-refractivity contribution in [1.29, 1.82) is 0 Å². The Balaban J connectivity index is 1.89. The first kappa shape index (κ1) is 11.0. The fourth-order valence-corrected chi connectivity index (χ4v) is 3.39. The molecule has 2 heterocycles. The third kappa shape index (κ3) is 1.81. The van der Waals surface area contributed by atoms with Gasteiger partial charge in [0.25, 0.3) is 0 Å². The van der Waals surface area contributed by atoms with E-state index in [1.165, 1.54) is 9.98 Å². The largest absolute Gasteiger partial charge is 0.493 e. The maximum absolute atomic E-state index is 10.8. The van der Waals surface area contributed by atoms with Crippen molar-refractivity contribution in [2.45, 2.75) is 11.8 Å². The van der Waals surface area contributed by atoms with Crippen LogP contribution in [-0.2, 0) is 11.2 Å². The molecule has 0 fully saturated rings. The molecular formula is C12H10ClNO2S. The highest BCUT2D eigenvalue weighted by Gasteiger charge is 2.27. The predicted molar refractivity (Wildman–Crippen MR) is 67.8 cm³/mol. The third-order valence-electron chi connectivity index (χ3n) is 2.89. The molecule has 0 saturated carbocycles. The summed E-state index contributed by atoms with van der Waals surface area (Å²) >= 11 is 7.65. The molecule has 17 heavy (non-hydrogen) atoms. The zero-order valence-electron chi connectivity index (χ0n) is 8.93. The Morgan fingerprint density at radius 2 is 2.41 bits per heavy atom. The van der Waals surface area contributed by atoms with E-state index in [0.29, 0.717) is 5.70 Å². The molecule has 0 amide bonds. The van der Waals surface area contributed by atoms with Crippen molar-refractivity contribution >= 4 is 29.8 Å². The summed E-state index contributed by atoms with van der Waals surface area (Å²) in [6, 6.07) is 6.08. The van der Waals surface area contributed by atoms with E-state index < -0.39 is 0 Å².